The van der Waals surface area contributed by atoms with Gasteiger partial charge in [0, 0.05) is 11.8 Å². The smallest absolute Gasteiger partial charge is 0.331 e. The lowest BCUT2D eigenvalue weighted by Crippen LogP contribution is -2.04. The Balaban J connectivity index is 4.14. The molecule has 0 aromatic heterocycles. The van der Waals surface area contributed by atoms with Crippen LogP contribution in [0.15, 0.2) is 23.8 Å². The zero-order chi connectivity index (χ0) is 17.5. The van der Waals surface area contributed by atoms with Crippen LogP contribution in [-0.4, -0.2) is 29.8 Å². The van der Waals surface area contributed by atoms with Crippen molar-refractivity contribution in [1.29, 1.82) is 0 Å². The molecule has 0 aliphatic carbocycles. The maximum absolute atomic E-state index is 11.4. The second-order valence-electron chi connectivity index (χ2n) is 5.88. The molecule has 0 aliphatic heterocycles. The van der Waals surface area contributed by atoms with Gasteiger partial charge in [-0.2, -0.15) is 37.9 Å². The first-order chi connectivity index (χ1) is 11.1. The van der Waals surface area contributed by atoms with Gasteiger partial charge in [-0.1, -0.05) is 25.5 Å². The molecule has 0 bridgehead atoms. The molecule has 0 N–H and O–H groups in total. The molecule has 0 rings (SSSR count). The Kier molecular flexibility index (Phi) is 15.5. The molecule has 0 amide bonds. The monoisotopic (exact) mass is 376 g/mol. The number of rotatable bonds is 13. The van der Waals surface area contributed by atoms with Crippen LogP contribution in [0, 0.1) is 11.8 Å². The number of carbonyl (C=O) groups excluding carboxylic acids is 1. The first kappa shape index (κ1) is 23.0. The van der Waals surface area contributed by atoms with Gasteiger partial charge in [-0.25, -0.2) is 4.79 Å². The lowest BCUT2D eigenvalue weighted by Gasteiger charge is -2.14. The van der Waals surface area contributed by atoms with Crippen LogP contribution in [0.1, 0.15) is 46.0 Å². The molecule has 0 aromatic rings. The highest BCUT2D eigenvalue weighted by Gasteiger charge is 2.07. The number of esters is 1. The fourth-order valence-electron chi connectivity index (χ4n) is 2.22. The van der Waals surface area contributed by atoms with E-state index in [-0.39, 0.29) is 5.97 Å². The average molecular weight is 377 g/mol. The van der Waals surface area contributed by atoms with Crippen LogP contribution < -0.4 is 0 Å². The zero-order valence-electron chi connectivity index (χ0n) is 14.4. The summed E-state index contributed by atoms with van der Waals surface area (Å²) in [6.07, 6.45) is 11.5. The van der Waals surface area contributed by atoms with Gasteiger partial charge < -0.3 is 4.74 Å². The van der Waals surface area contributed by atoms with E-state index in [0.29, 0.717) is 24.2 Å². The summed E-state index contributed by atoms with van der Waals surface area (Å²) >= 11 is 13.0. The maximum Gasteiger partial charge on any atom is 0.331 e. The number of thiol groups is 3. The van der Waals surface area contributed by atoms with E-state index in [2.05, 4.69) is 50.9 Å². The fraction of sp³-hybridized carbons (Fsp3) is 0.722. The van der Waals surface area contributed by atoms with Crippen molar-refractivity contribution in [3.05, 3.63) is 23.8 Å². The van der Waals surface area contributed by atoms with Gasteiger partial charge in [0.25, 0.3) is 0 Å². The Morgan fingerprint density at radius 3 is 2.43 bits per heavy atom. The fourth-order valence-corrected chi connectivity index (χ4v) is 2.97. The van der Waals surface area contributed by atoms with Gasteiger partial charge in [0.05, 0.1) is 6.61 Å². The molecule has 5 heteroatoms. The van der Waals surface area contributed by atoms with E-state index < -0.39 is 0 Å². The maximum atomic E-state index is 11.4. The Bertz CT molecular complexity index is 367. The van der Waals surface area contributed by atoms with Gasteiger partial charge in [-0.05, 0) is 61.5 Å². The molecule has 0 fully saturated rings. The van der Waals surface area contributed by atoms with E-state index in [0.717, 1.165) is 29.9 Å². The molecule has 0 saturated heterocycles. The predicted octanol–water partition coefficient (Wildman–Crippen LogP) is 5.02. The third-order valence-electron chi connectivity index (χ3n) is 3.73. The topological polar surface area (TPSA) is 26.3 Å². The molecule has 0 radical (unpaired) electrons. The van der Waals surface area contributed by atoms with E-state index in [4.69, 9.17) is 4.74 Å². The highest BCUT2D eigenvalue weighted by atomic mass is 32.1. The summed E-state index contributed by atoms with van der Waals surface area (Å²) in [5, 5.41) is 0. The number of allylic oxidation sites excluding steroid dienone is 2. The Morgan fingerprint density at radius 1 is 1.13 bits per heavy atom. The number of ether oxygens (including phenoxy) is 1. The Hall–Kier alpha value is -0.000000000000000111. The summed E-state index contributed by atoms with van der Waals surface area (Å²) in [7, 11) is 0. The Labute approximate surface area is 158 Å². The third-order valence-corrected chi connectivity index (χ3v) is 5.23. The van der Waals surface area contributed by atoms with Gasteiger partial charge in [0.1, 0.15) is 0 Å². The van der Waals surface area contributed by atoms with Crippen molar-refractivity contribution in [3.63, 3.8) is 0 Å². The van der Waals surface area contributed by atoms with Crippen molar-refractivity contribution >= 4 is 43.9 Å². The van der Waals surface area contributed by atoms with Gasteiger partial charge in [0.2, 0.25) is 0 Å². The van der Waals surface area contributed by atoms with Crippen LogP contribution in [0.3, 0.4) is 0 Å². The van der Waals surface area contributed by atoms with Crippen molar-refractivity contribution in [2.24, 2.45) is 11.8 Å². The van der Waals surface area contributed by atoms with Crippen LogP contribution in [0.2, 0.25) is 0 Å². The van der Waals surface area contributed by atoms with Gasteiger partial charge >= 0.3 is 5.97 Å². The normalized spacial score (nSPS) is 14.9. The predicted molar refractivity (Wildman–Crippen MR) is 111 cm³/mol. The molecular formula is C18H32O2S3. The number of hydrogen-bond donors (Lipinski definition) is 3. The summed E-state index contributed by atoms with van der Waals surface area (Å²) in [5.74, 6) is 3.49. The summed E-state index contributed by atoms with van der Waals surface area (Å²) < 4.78 is 4.91. The second kappa shape index (κ2) is 15.5. The summed E-state index contributed by atoms with van der Waals surface area (Å²) in [6.45, 7) is 4.45. The first-order valence-corrected chi connectivity index (χ1v) is 10.3. The number of hydrogen-bond acceptors (Lipinski definition) is 5. The molecule has 2 unspecified atom stereocenters. The lowest BCUT2D eigenvalue weighted by molar-refractivity contribution is -0.137. The highest BCUT2D eigenvalue weighted by Crippen LogP contribution is 2.19. The van der Waals surface area contributed by atoms with E-state index in [9.17, 15) is 4.79 Å². The van der Waals surface area contributed by atoms with E-state index in [1.54, 1.807) is 6.92 Å². The molecule has 23 heavy (non-hydrogen) atoms. The van der Waals surface area contributed by atoms with Crippen LogP contribution in [0.5, 0.6) is 0 Å². The molecule has 0 aromatic carbocycles. The van der Waals surface area contributed by atoms with E-state index >= 15 is 0 Å². The van der Waals surface area contributed by atoms with Crippen LogP contribution >= 0.6 is 37.9 Å². The Morgan fingerprint density at radius 2 is 1.87 bits per heavy atom. The molecule has 0 saturated carbocycles. The summed E-state index contributed by atoms with van der Waals surface area (Å²) in [5.41, 5.74) is 0.886. The molecule has 0 aliphatic rings. The molecule has 0 spiro atoms. The van der Waals surface area contributed by atoms with Gasteiger partial charge in [-0.3, -0.25) is 0 Å². The van der Waals surface area contributed by atoms with Crippen molar-refractivity contribution < 1.29 is 9.53 Å². The van der Waals surface area contributed by atoms with Crippen LogP contribution in [0.25, 0.3) is 0 Å². The SMILES string of the molecule is CCOC(=O)C=C(C=CCCC(CS)CCCC(C)CS)CS. The molecule has 0 heterocycles. The summed E-state index contributed by atoms with van der Waals surface area (Å²) in [6, 6.07) is 0. The summed E-state index contributed by atoms with van der Waals surface area (Å²) in [4.78, 5) is 11.4. The van der Waals surface area contributed by atoms with Crippen molar-refractivity contribution in [3.8, 4) is 0 Å². The van der Waals surface area contributed by atoms with Crippen molar-refractivity contribution in [2.75, 3.05) is 23.9 Å². The average Bonchev–Trinajstić information content (AvgIpc) is 2.55. The van der Waals surface area contributed by atoms with E-state index in [1.807, 2.05) is 6.08 Å². The van der Waals surface area contributed by atoms with Crippen molar-refractivity contribution in [1.82, 2.24) is 0 Å². The molecule has 2 nitrogen and oxygen atoms in total. The quantitative estimate of drug-likeness (QED) is 0.182. The zero-order valence-corrected chi connectivity index (χ0v) is 17.1. The second-order valence-corrected chi connectivity index (χ2v) is 6.92. The van der Waals surface area contributed by atoms with Gasteiger partial charge in [0.15, 0.2) is 0 Å². The standard InChI is InChI=1S/C18H32O2S3/c1-3-20-18(19)11-17(14-23)9-5-4-8-16(13-22)10-6-7-15(2)12-21/h5,9,11,15-16,21-23H,3-4,6-8,10,12-14H2,1-2H3. The minimum Gasteiger partial charge on any atom is -0.463 e. The van der Waals surface area contributed by atoms with Crippen molar-refractivity contribution in [2.45, 2.75) is 46.0 Å². The van der Waals surface area contributed by atoms with Crippen LogP contribution in [-0.2, 0) is 9.53 Å². The molecule has 2 atom stereocenters. The number of carbonyl (C=O) groups is 1. The molecule has 134 valence electrons. The van der Waals surface area contributed by atoms with E-state index in [1.165, 1.54) is 25.3 Å². The minimum atomic E-state index is -0.298. The first-order valence-electron chi connectivity index (χ1n) is 8.43. The van der Waals surface area contributed by atoms with Gasteiger partial charge in [-0.15, -0.1) is 0 Å². The molecular weight excluding hydrogens is 344 g/mol. The largest absolute Gasteiger partial charge is 0.463 e. The highest BCUT2D eigenvalue weighted by molar-refractivity contribution is 7.80. The third kappa shape index (κ3) is 13.0. The minimum absolute atomic E-state index is 0.298. The lowest BCUT2D eigenvalue weighted by atomic mass is 9.95. The van der Waals surface area contributed by atoms with Crippen LogP contribution in [0.4, 0.5) is 0 Å².